The van der Waals surface area contributed by atoms with Crippen LogP contribution in [0.1, 0.15) is 11.1 Å². The lowest BCUT2D eigenvalue weighted by atomic mass is 10.2. The predicted molar refractivity (Wildman–Crippen MR) is 72.6 cm³/mol. The Hall–Kier alpha value is -1.94. The molecule has 1 aromatic carbocycles. The van der Waals surface area contributed by atoms with Crippen molar-refractivity contribution >= 4 is 0 Å². The Labute approximate surface area is 112 Å². The molecule has 0 atom stereocenters. The van der Waals surface area contributed by atoms with Gasteiger partial charge in [0.25, 0.3) is 0 Å². The summed E-state index contributed by atoms with van der Waals surface area (Å²) in [5.41, 5.74) is 1.91. The Morgan fingerprint density at radius 2 is 2.16 bits per heavy atom. The summed E-state index contributed by atoms with van der Waals surface area (Å²) in [5.74, 6) is 0.0136. The molecule has 1 N–H and O–H groups in total. The molecule has 3 nitrogen and oxygen atoms in total. The fourth-order valence-corrected chi connectivity index (χ4v) is 1.86. The van der Waals surface area contributed by atoms with Gasteiger partial charge >= 0.3 is 0 Å². The third-order valence-electron chi connectivity index (χ3n) is 2.78. The van der Waals surface area contributed by atoms with Gasteiger partial charge < -0.3 is 10.1 Å². The van der Waals surface area contributed by atoms with E-state index in [1.54, 1.807) is 18.5 Å². The fraction of sp³-hybridized carbons (Fsp3) is 0.267. The van der Waals surface area contributed by atoms with Crippen LogP contribution in [0.25, 0.3) is 0 Å². The van der Waals surface area contributed by atoms with Crippen molar-refractivity contribution < 1.29 is 9.13 Å². The number of nitrogens with zero attached hydrogens (tertiary/aromatic N) is 1. The van der Waals surface area contributed by atoms with E-state index in [4.69, 9.17) is 4.74 Å². The number of ether oxygens (including phenoxy) is 1. The SMILES string of the molecule is CNCc1cccc(F)c1OCCc1cccnc1. The van der Waals surface area contributed by atoms with E-state index in [0.717, 1.165) is 11.1 Å². The molecule has 2 rings (SSSR count). The van der Waals surface area contributed by atoms with Crippen LogP contribution in [-0.2, 0) is 13.0 Å². The fourth-order valence-electron chi connectivity index (χ4n) is 1.86. The van der Waals surface area contributed by atoms with Gasteiger partial charge in [0.1, 0.15) is 0 Å². The van der Waals surface area contributed by atoms with Gasteiger partial charge in [0.15, 0.2) is 11.6 Å². The van der Waals surface area contributed by atoms with Crippen molar-refractivity contribution in [2.45, 2.75) is 13.0 Å². The predicted octanol–water partition coefficient (Wildman–Crippen LogP) is 2.56. The summed E-state index contributed by atoms with van der Waals surface area (Å²) in [6.07, 6.45) is 4.23. The second-order valence-corrected chi connectivity index (χ2v) is 4.22. The van der Waals surface area contributed by atoms with E-state index >= 15 is 0 Å². The highest BCUT2D eigenvalue weighted by atomic mass is 19.1. The summed E-state index contributed by atoms with van der Waals surface area (Å²) in [5, 5.41) is 3.00. The van der Waals surface area contributed by atoms with Crippen LogP contribution in [0.4, 0.5) is 4.39 Å². The monoisotopic (exact) mass is 260 g/mol. The summed E-state index contributed by atoms with van der Waals surface area (Å²) in [7, 11) is 1.82. The molecule has 0 radical (unpaired) electrons. The van der Waals surface area contributed by atoms with E-state index in [0.29, 0.717) is 25.3 Å². The van der Waals surface area contributed by atoms with Crippen molar-refractivity contribution in [3.05, 3.63) is 59.7 Å². The maximum absolute atomic E-state index is 13.7. The zero-order chi connectivity index (χ0) is 13.5. The van der Waals surface area contributed by atoms with Crippen LogP contribution >= 0.6 is 0 Å². The minimum absolute atomic E-state index is 0.320. The van der Waals surface area contributed by atoms with Crippen molar-refractivity contribution in [3.63, 3.8) is 0 Å². The summed E-state index contributed by atoms with van der Waals surface area (Å²) in [6, 6.07) is 8.82. The van der Waals surface area contributed by atoms with E-state index in [1.165, 1.54) is 6.07 Å². The molecule has 0 fully saturated rings. The number of hydrogen-bond acceptors (Lipinski definition) is 3. The van der Waals surface area contributed by atoms with Crippen molar-refractivity contribution in [1.29, 1.82) is 0 Å². The van der Waals surface area contributed by atoms with Gasteiger partial charge in [-0.2, -0.15) is 0 Å². The van der Waals surface area contributed by atoms with Crippen LogP contribution in [0.3, 0.4) is 0 Å². The van der Waals surface area contributed by atoms with E-state index in [-0.39, 0.29) is 5.82 Å². The average Bonchev–Trinajstić information content (AvgIpc) is 2.43. The third kappa shape index (κ3) is 3.76. The molecule has 0 aliphatic rings. The van der Waals surface area contributed by atoms with Crippen LogP contribution in [0.5, 0.6) is 5.75 Å². The number of aromatic nitrogens is 1. The third-order valence-corrected chi connectivity index (χ3v) is 2.78. The molecule has 0 aliphatic heterocycles. The lowest BCUT2D eigenvalue weighted by Gasteiger charge is -2.12. The van der Waals surface area contributed by atoms with Crippen LogP contribution in [0, 0.1) is 5.82 Å². The van der Waals surface area contributed by atoms with E-state index in [1.807, 2.05) is 25.2 Å². The summed E-state index contributed by atoms with van der Waals surface area (Å²) < 4.78 is 19.3. The summed E-state index contributed by atoms with van der Waals surface area (Å²) >= 11 is 0. The molecule has 0 amide bonds. The van der Waals surface area contributed by atoms with Gasteiger partial charge in [-0.1, -0.05) is 18.2 Å². The van der Waals surface area contributed by atoms with Crippen LogP contribution in [0.15, 0.2) is 42.7 Å². The van der Waals surface area contributed by atoms with Crippen LogP contribution in [0.2, 0.25) is 0 Å². The molecular formula is C15H17FN2O. The Kier molecular flexibility index (Phi) is 4.86. The van der Waals surface area contributed by atoms with Crippen molar-refractivity contribution in [2.75, 3.05) is 13.7 Å². The molecule has 0 unspecified atom stereocenters. The number of nitrogens with one attached hydrogen (secondary N) is 1. The molecule has 1 heterocycles. The van der Waals surface area contributed by atoms with Crippen molar-refractivity contribution in [3.8, 4) is 5.75 Å². The molecule has 1 aromatic heterocycles. The number of hydrogen-bond donors (Lipinski definition) is 1. The van der Waals surface area contributed by atoms with Gasteiger partial charge in [0.05, 0.1) is 6.61 Å². The first-order valence-electron chi connectivity index (χ1n) is 6.25. The van der Waals surface area contributed by atoms with E-state index in [9.17, 15) is 4.39 Å². The van der Waals surface area contributed by atoms with Gasteiger partial charge in [-0.05, 0) is 24.7 Å². The van der Waals surface area contributed by atoms with Crippen LogP contribution in [-0.4, -0.2) is 18.6 Å². The molecule has 0 saturated carbocycles. The highest BCUT2D eigenvalue weighted by Crippen LogP contribution is 2.22. The topological polar surface area (TPSA) is 34.1 Å². The molecule has 0 saturated heterocycles. The first kappa shape index (κ1) is 13.5. The second kappa shape index (κ2) is 6.85. The Bertz CT molecular complexity index is 517. The number of pyridine rings is 1. The van der Waals surface area contributed by atoms with E-state index in [2.05, 4.69) is 10.3 Å². The maximum Gasteiger partial charge on any atom is 0.165 e. The Morgan fingerprint density at radius 1 is 1.26 bits per heavy atom. The van der Waals surface area contributed by atoms with Crippen molar-refractivity contribution in [1.82, 2.24) is 10.3 Å². The number of para-hydroxylation sites is 1. The standard InChI is InChI=1S/C15H17FN2O/c1-17-11-13-5-2-6-14(16)15(13)19-9-7-12-4-3-8-18-10-12/h2-6,8,10,17H,7,9,11H2,1H3. The highest BCUT2D eigenvalue weighted by Gasteiger charge is 2.09. The van der Waals surface area contributed by atoms with Gasteiger partial charge in [0.2, 0.25) is 0 Å². The molecule has 4 heteroatoms. The molecule has 100 valence electrons. The number of halogens is 1. The Balaban J connectivity index is 1.99. The van der Waals surface area contributed by atoms with Gasteiger partial charge in [-0.15, -0.1) is 0 Å². The normalized spacial score (nSPS) is 10.4. The minimum Gasteiger partial charge on any atom is -0.490 e. The molecule has 2 aromatic rings. The second-order valence-electron chi connectivity index (χ2n) is 4.22. The zero-order valence-electron chi connectivity index (χ0n) is 10.9. The van der Waals surface area contributed by atoms with Gasteiger partial charge in [-0.3, -0.25) is 4.98 Å². The molecule has 0 aliphatic carbocycles. The molecular weight excluding hydrogens is 243 g/mol. The largest absolute Gasteiger partial charge is 0.490 e. The minimum atomic E-state index is -0.320. The average molecular weight is 260 g/mol. The number of benzene rings is 1. The quantitative estimate of drug-likeness (QED) is 0.866. The summed E-state index contributed by atoms with van der Waals surface area (Å²) in [4.78, 5) is 4.04. The molecule has 0 spiro atoms. The van der Waals surface area contributed by atoms with Gasteiger partial charge in [-0.25, -0.2) is 4.39 Å². The maximum atomic E-state index is 13.7. The molecule has 19 heavy (non-hydrogen) atoms. The zero-order valence-corrected chi connectivity index (χ0v) is 10.9. The Morgan fingerprint density at radius 3 is 2.89 bits per heavy atom. The lowest BCUT2D eigenvalue weighted by Crippen LogP contribution is -2.10. The van der Waals surface area contributed by atoms with Gasteiger partial charge in [0, 0.05) is 30.9 Å². The summed E-state index contributed by atoms with van der Waals surface area (Å²) in [6.45, 7) is 1.02. The number of rotatable bonds is 6. The first-order chi connectivity index (χ1) is 9.31. The lowest BCUT2D eigenvalue weighted by molar-refractivity contribution is 0.301. The highest BCUT2D eigenvalue weighted by molar-refractivity contribution is 5.35. The van der Waals surface area contributed by atoms with Crippen molar-refractivity contribution in [2.24, 2.45) is 0 Å². The molecule has 0 bridgehead atoms. The smallest absolute Gasteiger partial charge is 0.165 e. The van der Waals surface area contributed by atoms with E-state index < -0.39 is 0 Å². The van der Waals surface area contributed by atoms with Crippen LogP contribution < -0.4 is 10.1 Å². The first-order valence-corrected chi connectivity index (χ1v) is 6.25.